The molecular formula is C13H17F2N3O2. The summed E-state index contributed by atoms with van der Waals surface area (Å²) in [4.78, 5) is 23.3. The molecule has 20 heavy (non-hydrogen) atoms. The fourth-order valence-corrected chi connectivity index (χ4v) is 2.00. The number of pyridine rings is 1. The van der Waals surface area contributed by atoms with Crippen LogP contribution in [0.2, 0.25) is 0 Å². The molecule has 3 N–H and O–H groups in total. The Morgan fingerprint density at radius 1 is 1.50 bits per heavy atom. The Hall–Kier alpha value is -1.76. The van der Waals surface area contributed by atoms with Crippen molar-refractivity contribution >= 4 is 5.91 Å². The molecule has 2 rings (SSSR count). The van der Waals surface area contributed by atoms with E-state index in [-0.39, 0.29) is 30.1 Å². The Balaban J connectivity index is 2.12. The standard InChI is InChI=1S/C13H17F2N3O2/c14-11(15)3-4-17-6-8-5-10(12(16)19)13(20)18(7-8)9-1-2-9/h5,7,9,11,17H,1-4,6H2,(H2,16,19). The van der Waals surface area contributed by atoms with Gasteiger partial charge in [-0.05, 0) is 24.5 Å². The van der Waals surface area contributed by atoms with E-state index in [9.17, 15) is 18.4 Å². The van der Waals surface area contributed by atoms with Gasteiger partial charge in [-0.25, -0.2) is 8.78 Å². The third kappa shape index (κ3) is 3.63. The van der Waals surface area contributed by atoms with Crippen LogP contribution in [0.15, 0.2) is 17.1 Å². The highest BCUT2D eigenvalue weighted by atomic mass is 19.3. The number of halogens is 2. The molecule has 0 unspecified atom stereocenters. The van der Waals surface area contributed by atoms with E-state index in [1.54, 1.807) is 6.20 Å². The van der Waals surface area contributed by atoms with Gasteiger partial charge >= 0.3 is 0 Å². The van der Waals surface area contributed by atoms with Crippen LogP contribution in [-0.2, 0) is 6.54 Å². The minimum absolute atomic E-state index is 0.0509. The predicted octanol–water partition coefficient (Wildman–Crippen LogP) is 1.03. The number of nitrogens with two attached hydrogens (primary N) is 1. The van der Waals surface area contributed by atoms with Crippen LogP contribution in [-0.4, -0.2) is 23.4 Å². The lowest BCUT2D eigenvalue weighted by Gasteiger charge is -2.10. The molecule has 1 aromatic heterocycles. The third-order valence-electron chi connectivity index (χ3n) is 3.17. The molecule has 0 spiro atoms. The van der Waals surface area contributed by atoms with E-state index in [0.29, 0.717) is 12.1 Å². The van der Waals surface area contributed by atoms with E-state index in [1.807, 2.05) is 0 Å². The Labute approximate surface area is 114 Å². The number of primary amides is 1. The molecule has 5 nitrogen and oxygen atoms in total. The second-order valence-electron chi connectivity index (χ2n) is 4.93. The summed E-state index contributed by atoms with van der Waals surface area (Å²) >= 11 is 0. The van der Waals surface area contributed by atoms with Gasteiger partial charge in [0.1, 0.15) is 5.56 Å². The van der Waals surface area contributed by atoms with Crippen LogP contribution < -0.4 is 16.6 Å². The summed E-state index contributed by atoms with van der Waals surface area (Å²) in [6.07, 6.45) is 0.900. The van der Waals surface area contributed by atoms with Crippen molar-refractivity contribution in [1.82, 2.24) is 9.88 Å². The van der Waals surface area contributed by atoms with Crippen LogP contribution in [0.3, 0.4) is 0 Å². The lowest BCUT2D eigenvalue weighted by atomic mass is 10.2. The van der Waals surface area contributed by atoms with Crippen LogP contribution in [0.25, 0.3) is 0 Å². The number of rotatable bonds is 7. The molecule has 0 saturated heterocycles. The van der Waals surface area contributed by atoms with E-state index in [2.05, 4.69) is 5.32 Å². The highest BCUT2D eigenvalue weighted by Gasteiger charge is 2.26. The Morgan fingerprint density at radius 3 is 2.75 bits per heavy atom. The average molecular weight is 285 g/mol. The SMILES string of the molecule is NC(=O)c1cc(CNCCC(F)F)cn(C2CC2)c1=O. The zero-order chi connectivity index (χ0) is 14.7. The Bertz CT molecular complexity index is 553. The molecule has 1 fully saturated rings. The predicted molar refractivity (Wildman–Crippen MR) is 69.8 cm³/mol. The first kappa shape index (κ1) is 14.6. The van der Waals surface area contributed by atoms with Gasteiger partial charge in [0.15, 0.2) is 0 Å². The summed E-state index contributed by atoms with van der Waals surface area (Å²) in [7, 11) is 0. The van der Waals surface area contributed by atoms with E-state index in [4.69, 9.17) is 5.73 Å². The minimum atomic E-state index is -2.34. The van der Waals surface area contributed by atoms with Gasteiger partial charge < -0.3 is 15.6 Å². The molecule has 0 aromatic carbocycles. The van der Waals surface area contributed by atoms with E-state index >= 15 is 0 Å². The van der Waals surface area contributed by atoms with Crippen LogP contribution in [0, 0.1) is 0 Å². The molecule has 1 aliphatic rings. The zero-order valence-corrected chi connectivity index (χ0v) is 10.9. The second-order valence-corrected chi connectivity index (χ2v) is 4.93. The van der Waals surface area contributed by atoms with E-state index in [1.165, 1.54) is 10.6 Å². The monoisotopic (exact) mass is 285 g/mol. The normalized spacial score (nSPS) is 14.8. The smallest absolute Gasteiger partial charge is 0.263 e. The van der Waals surface area contributed by atoms with Crippen LogP contribution in [0.4, 0.5) is 8.78 Å². The molecule has 1 heterocycles. The van der Waals surface area contributed by atoms with Crippen molar-refractivity contribution in [2.45, 2.75) is 38.3 Å². The molecule has 1 aromatic rings. The number of carbonyl (C=O) groups excluding carboxylic acids is 1. The number of nitrogens with one attached hydrogen (secondary N) is 1. The van der Waals surface area contributed by atoms with Gasteiger partial charge in [0.2, 0.25) is 6.43 Å². The van der Waals surface area contributed by atoms with E-state index < -0.39 is 12.3 Å². The summed E-state index contributed by atoms with van der Waals surface area (Å²) < 4.78 is 25.5. The van der Waals surface area contributed by atoms with Gasteiger partial charge in [-0.1, -0.05) is 0 Å². The third-order valence-corrected chi connectivity index (χ3v) is 3.17. The lowest BCUT2D eigenvalue weighted by Crippen LogP contribution is -2.30. The first-order valence-electron chi connectivity index (χ1n) is 6.52. The number of nitrogens with zero attached hydrogens (tertiary/aromatic N) is 1. The summed E-state index contributed by atoms with van der Waals surface area (Å²) in [5.41, 5.74) is 5.46. The molecular weight excluding hydrogens is 268 g/mol. The number of amides is 1. The fraction of sp³-hybridized carbons (Fsp3) is 0.538. The molecule has 7 heteroatoms. The fourth-order valence-electron chi connectivity index (χ4n) is 2.00. The maximum Gasteiger partial charge on any atom is 0.263 e. The molecule has 1 amide bonds. The molecule has 110 valence electrons. The Kier molecular flexibility index (Phi) is 4.49. The zero-order valence-electron chi connectivity index (χ0n) is 10.9. The summed E-state index contributed by atoms with van der Waals surface area (Å²) in [5.74, 6) is -0.765. The van der Waals surface area contributed by atoms with Gasteiger partial charge in [-0.15, -0.1) is 0 Å². The molecule has 1 aliphatic carbocycles. The van der Waals surface area contributed by atoms with Gasteiger partial charge in [-0.3, -0.25) is 9.59 Å². The number of hydrogen-bond acceptors (Lipinski definition) is 3. The lowest BCUT2D eigenvalue weighted by molar-refractivity contribution is 0.0998. The van der Waals surface area contributed by atoms with Crippen molar-refractivity contribution in [1.29, 1.82) is 0 Å². The van der Waals surface area contributed by atoms with Crippen molar-refractivity contribution in [2.75, 3.05) is 6.54 Å². The van der Waals surface area contributed by atoms with Crippen LogP contribution in [0.1, 0.15) is 41.2 Å². The minimum Gasteiger partial charge on any atom is -0.365 e. The van der Waals surface area contributed by atoms with Gasteiger partial charge in [0, 0.05) is 31.7 Å². The van der Waals surface area contributed by atoms with Crippen molar-refractivity contribution in [3.63, 3.8) is 0 Å². The number of hydrogen-bond donors (Lipinski definition) is 2. The molecule has 0 atom stereocenters. The van der Waals surface area contributed by atoms with Crippen LogP contribution >= 0.6 is 0 Å². The largest absolute Gasteiger partial charge is 0.365 e. The van der Waals surface area contributed by atoms with Gasteiger partial charge in [0.25, 0.3) is 11.5 Å². The number of carbonyl (C=O) groups is 1. The summed E-state index contributed by atoms with van der Waals surface area (Å²) in [6, 6.07) is 1.56. The molecule has 0 radical (unpaired) electrons. The van der Waals surface area contributed by atoms with Gasteiger partial charge in [-0.2, -0.15) is 0 Å². The second kappa shape index (κ2) is 6.13. The maximum absolute atomic E-state index is 12.0. The van der Waals surface area contributed by atoms with Gasteiger partial charge in [0.05, 0.1) is 0 Å². The topological polar surface area (TPSA) is 77.1 Å². The highest BCUT2D eigenvalue weighted by Crippen LogP contribution is 2.33. The van der Waals surface area contributed by atoms with Crippen molar-refractivity contribution in [2.24, 2.45) is 5.73 Å². The number of alkyl halides is 2. The van der Waals surface area contributed by atoms with Crippen molar-refractivity contribution in [3.05, 3.63) is 33.7 Å². The first-order valence-corrected chi connectivity index (χ1v) is 6.52. The van der Waals surface area contributed by atoms with Crippen molar-refractivity contribution in [3.8, 4) is 0 Å². The van der Waals surface area contributed by atoms with Crippen LogP contribution in [0.5, 0.6) is 0 Å². The average Bonchev–Trinajstić information content (AvgIpc) is 3.19. The molecule has 0 bridgehead atoms. The summed E-state index contributed by atoms with van der Waals surface area (Å²) in [5, 5.41) is 2.86. The summed E-state index contributed by atoms with van der Waals surface area (Å²) in [6.45, 7) is 0.492. The quantitative estimate of drug-likeness (QED) is 0.734. The Morgan fingerprint density at radius 2 is 2.20 bits per heavy atom. The molecule has 1 saturated carbocycles. The highest BCUT2D eigenvalue weighted by molar-refractivity contribution is 5.92. The van der Waals surface area contributed by atoms with E-state index in [0.717, 1.165) is 12.8 Å². The molecule has 0 aliphatic heterocycles. The first-order chi connectivity index (χ1) is 9.49. The van der Waals surface area contributed by atoms with Crippen molar-refractivity contribution < 1.29 is 13.6 Å². The maximum atomic E-state index is 12.0. The number of aromatic nitrogens is 1.